The second kappa shape index (κ2) is 8.10. The minimum Gasteiger partial charge on any atom is -0.482 e. The largest absolute Gasteiger partial charge is 0.482 e. The van der Waals surface area contributed by atoms with Crippen LogP contribution in [-0.4, -0.2) is 43.7 Å². The van der Waals surface area contributed by atoms with E-state index in [9.17, 15) is 22.4 Å². The molecule has 2 amide bonds. The van der Waals surface area contributed by atoms with Gasteiger partial charge in [-0.3, -0.25) is 9.59 Å². The zero-order valence-electron chi connectivity index (χ0n) is 16.4. The maximum absolute atomic E-state index is 13.4. The third-order valence-electron chi connectivity index (χ3n) is 5.21. The number of benzene rings is 2. The van der Waals surface area contributed by atoms with E-state index in [4.69, 9.17) is 16.3 Å². The van der Waals surface area contributed by atoms with Crippen LogP contribution in [0.25, 0.3) is 0 Å². The summed E-state index contributed by atoms with van der Waals surface area (Å²) in [6.45, 7) is 1.56. The molecule has 2 aliphatic heterocycles. The quantitative estimate of drug-likeness (QED) is 0.719. The highest BCUT2D eigenvalue weighted by molar-refractivity contribution is 7.89. The fourth-order valence-corrected chi connectivity index (χ4v) is 5.85. The number of ether oxygens (including phenoxy) is 1. The molecule has 2 N–H and O–H groups in total. The highest BCUT2D eigenvalue weighted by Crippen LogP contribution is 2.38. The molecule has 0 saturated carbocycles. The number of nitrogens with one attached hydrogen (secondary N) is 2. The molecular formula is C20H19ClFN3O5S. The number of sulfonamides is 1. The zero-order chi connectivity index (χ0) is 22.3. The van der Waals surface area contributed by atoms with Crippen LogP contribution < -0.4 is 15.4 Å². The number of fused-ring (bicyclic) bond motifs is 1. The van der Waals surface area contributed by atoms with Crippen LogP contribution in [0.5, 0.6) is 5.75 Å². The summed E-state index contributed by atoms with van der Waals surface area (Å²) in [6.07, 6.45) is 0.829. The average molecular weight is 468 g/mol. The van der Waals surface area contributed by atoms with Crippen LogP contribution in [0, 0.1) is 12.7 Å². The Morgan fingerprint density at radius 1 is 1.32 bits per heavy atom. The van der Waals surface area contributed by atoms with Gasteiger partial charge in [0.1, 0.15) is 22.5 Å². The number of amides is 2. The molecule has 1 atom stereocenters. The van der Waals surface area contributed by atoms with Crippen molar-refractivity contribution >= 4 is 44.8 Å². The third kappa shape index (κ3) is 4.10. The average Bonchev–Trinajstić information content (AvgIpc) is 3.20. The van der Waals surface area contributed by atoms with E-state index in [0.29, 0.717) is 24.1 Å². The summed E-state index contributed by atoms with van der Waals surface area (Å²) in [7, 11) is -4.13. The fourth-order valence-electron chi connectivity index (χ4n) is 3.68. The lowest BCUT2D eigenvalue weighted by Crippen LogP contribution is -2.43. The molecule has 2 aromatic rings. The molecule has 1 fully saturated rings. The van der Waals surface area contributed by atoms with E-state index in [2.05, 4.69) is 10.6 Å². The van der Waals surface area contributed by atoms with Crippen LogP contribution in [0.4, 0.5) is 15.8 Å². The first-order valence-corrected chi connectivity index (χ1v) is 11.3. The van der Waals surface area contributed by atoms with Gasteiger partial charge in [0, 0.05) is 18.3 Å². The Morgan fingerprint density at radius 3 is 2.84 bits per heavy atom. The van der Waals surface area contributed by atoms with Crippen molar-refractivity contribution in [3.05, 3.63) is 46.7 Å². The molecular weight excluding hydrogens is 449 g/mol. The van der Waals surface area contributed by atoms with Crippen molar-refractivity contribution in [1.82, 2.24) is 4.31 Å². The van der Waals surface area contributed by atoms with Crippen molar-refractivity contribution in [2.24, 2.45) is 0 Å². The van der Waals surface area contributed by atoms with E-state index in [-0.39, 0.29) is 40.4 Å². The molecule has 0 aromatic heterocycles. The topological polar surface area (TPSA) is 105 Å². The molecule has 2 aromatic carbocycles. The first-order chi connectivity index (χ1) is 14.7. The molecule has 11 heteroatoms. The Morgan fingerprint density at radius 2 is 2.10 bits per heavy atom. The molecule has 2 aliphatic rings. The van der Waals surface area contributed by atoms with Crippen LogP contribution in [0.15, 0.2) is 35.2 Å². The second-order valence-electron chi connectivity index (χ2n) is 7.34. The number of hydrogen-bond donors (Lipinski definition) is 2. The van der Waals surface area contributed by atoms with E-state index < -0.39 is 27.8 Å². The molecule has 0 spiro atoms. The van der Waals surface area contributed by atoms with Crippen LogP contribution >= 0.6 is 11.6 Å². The molecule has 164 valence electrons. The van der Waals surface area contributed by atoms with E-state index in [1.54, 1.807) is 6.92 Å². The second-order valence-corrected chi connectivity index (χ2v) is 9.60. The minimum atomic E-state index is -4.13. The first-order valence-electron chi connectivity index (χ1n) is 9.52. The lowest BCUT2D eigenvalue weighted by molar-refractivity contribution is -0.119. The summed E-state index contributed by atoms with van der Waals surface area (Å²) in [4.78, 5) is 24.1. The Balaban J connectivity index is 1.62. The normalized spacial score (nSPS) is 18.8. The number of carbonyl (C=O) groups excluding carboxylic acids is 2. The molecule has 1 saturated heterocycles. The summed E-state index contributed by atoms with van der Waals surface area (Å²) in [6, 6.07) is 5.56. The van der Waals surface area contributed by atoms with Gasteiger partial charge < -0.3 is 15.4 Å². The highest BCUT2D eigenvalue weighted by Gasteiger charge is 2.41. The van der Waals surface area contributed by atoms with Crippen LogP contribution in [0.3, 0.4) is 0 Å². The van der Waals surface area contributed by atoms with Gasteiger partial charge in [-0.2, -0.15) is 4.31 Å². The van der Waals surface area contributed by atoms with Gasteiger partial charge >= 0.3 is 0 Å². The molecule has 4 rings (SSSR count). The van der Waals surface area contributed by atoms with Gasteiger partial charge in [-0.15, -0.1) is 0 Å². The summed E-state index contributed by atoms with van der Waals surface area (Å²) < 4.78 is 46.4. The van der Waals surface area contributed by atoms with Crippen molar-refractivity contribution in [3.63, 3.8) is 0 Å². The van der Waals surface area contributed by atoms with E-state index >= 15 is 0 Å². The lowest BCUT2D eigenvalue weighted by atomic mass is 10.1. The number of rotatable bonds is 4. The number of aryl methyl sites for hydroxylation is 1. The monoisotopic (exact) mass is 467 g/mol. The van der Waals surface area contributed by atoms with Gasteiger partial charge in [0.15, 0.2) is 6.61 Å². The van der Waals surface area contributed by atoms with Crippen molar-refractivity contribution in [3.8, 4) is 5.75 Å². The molecule has 2 heterocycles. The molecule has 0 aliphatic carbocycles. The maximum atomic E-state index is 13.4. The third-order valence-corrected chi connectivity index (χ3v) is 7.58. The minimum absolute atomic E-state index is 0.0926. The van der Waals surface area contributed by atoms with Crippen molar-refractivity contribution in [2.45, 2.75) is 30.7 Å². The summed E-state index contributed by atoms with van der Waals surface area (Å²) in [5, 5.41) is 5.16. The van der Waals surface area contributed by atoms with Gasteiger partial charge in [-0.05, 0) is 49.6 Å². The van der Waals surface area contributed by atoms with Gasteiger partial charge in [-0.1, -0.05) is 11.6 Å². The molecule has 0 bridgehead atoms. The molecule has 0 radical (unpaired) electrons. The summed E-state index contributed by atoms with van der Waals surface area (Å²) in [5.41, 5.74) is 1.21. The van der Waals surface area contributed by atoms with Crippen LogP contribution in [-0.2, 0) is 19.6 Å². The lowest BCUT2D eigenvalue weighted by Gasteiger charge is -2.25. The fraction of sp³-hybridized carbons (Fsp3) is 0.300. The van der Waals surface area contributed by atoms with Crippen LogP contribution in [0.1, 0.15) is 18.4 Å². The summed E-state index contributed by atoms with van der Waals surface area (Å²) in [5.74, 6) is -1.12. The standard InChI is InChI=1S/C20H19ClFN3O5S/c1-11-7-12(22)4-5-14(11)24-20(27)16-3-2-6-25(16)31(28,29)18-9-17-15(8-13(18)21)23-19(26)10-30-17/h4-5,7-9,16H,2-3,6,10H2,1H3,(H,23,26)(H,24,27). The van der Waals surface area contributed by atoms with Crippen molar-refractivity contribution < 1.29 is 27.1 Å². The van der Waals surface area contributed by atoms with Crippen molar-refractivity contribution in [1.29, 1.82) is 0 Å². The van der Waals surface area contributed by atoms with Gasteiger partial charge in [0.05, 0.1) is 10.7 Å². The first kappa shape index (κ1) is 21.5. The highest BCUT2D eigenvalue weighted by atomic mass is 35.5. The Bertz CT molecular complexity index is 1190. The maximum Gasteiger partial charge on any atom is 0.262 e. The van der Waals surface area contributed by atoms with Crippen LogP contribution in [0.2, 0.25) is 5.02 Å². The van der Waals surface area contributed by atoms with Gasteiger partial charge in [0.2, 0.25) is 15.9 Å². The number of nitrogens with zero attached hydrogens (tertiary/aromatic N) is 1. The molecule has 8 nitrogen and oxygen atoms in total. The predicted octanol–water partition coefficient (Wildman–Crippen LogP) is 2.91. The molecule has 1 unspecified atom stereocenters. The van der Waals surface area contributed by atoms with Gasteiger partial charge in [0.25, 0.3) is 5.91 Å². The van der Waals surface area contributed by atoms with E-state index in [1.165, 1.54) is 30.3 Å². The van der Waals surface area contributed by atoms with E-state index in [1.807, 2.05) is 0 Å². The number of halogens is 2. The Labute approximate surface area is 183 Å². The predicted molar refractivity (Wildman–Crippen MR) is 112 cm³/mol. The SMILES string of the molecule is Cc1cc(F)ccc1NC(=O)C1CCCN1S(=O)(=O)c1cc2c(cc1Cl)NC(=O)CO2. The number of hydrogen-bond acceptors (Lipinski definition) is 5. The van der Waals surface area contributed by atoms with E-state index in [0.717, 1.165) is 4.31 Å². The smallest absolute Gasteiger partial charge is 0.262 e. The Kier molecular flexibility index (Phi) is 5.63. The molecule has 31 heavy (non-hydrogen) atoms. The van der Waals surface area contributed by atoms with Crippen molar-refractivity contribution in [2.75, 3.05) is 23.8 Å². The number of carbonyl (C=O) groups is 2. The Hall–Kier alpha value is -2.69. The number of anilines is 2. The summed E-state index contributed by atoms with van der Waals surface area (Å²) >= 11 is 6.22. The van der Waals surface area contributed by atoms with Gasteiger partial charge in [-0.25, -0.2) is 12.8 Å². The zero-order valence-corrected chi connectivity index (χ0v) is 18.0.